The summed E-state index contributed by atoms with van der Waals surface area (Å²) in [4.78, 5) is 4.38. The van der Waals surface area contributed by atoms with Crippen molar-refractivity contribution in [2.75, 3.05) is 0 Å². The topological polar surface area (TPSA) is 12.9 Å². The van der Waals surface area contributed by atoms with Crippen molar-refractivity contribution in [3.05, 3.63) is 65.2 Å². The first kappa shape index (κ1) is 21.3. The zero-order valence-electron chi connectivity index (χ0n) is 15.4. The number of benzene rings is 1. The molecule has 23 heavy (non-hydrogen) atoms. The molecule has 0 atom stereocenters. The Morgan fingerprint density at radius 1 is 0.826 bits per heavy atom. The molecule has 1 heterocycles. The predicted octanol–water partition coefficient (Wildman–Crippen LogP) is 6.54. The second kappa shape index (κ2) is 13.9. The van der Waals surface area contributed by atoms with Crippen molar-refractivity contribution in [3.8, 4) is 0 Å². The minimum atomic E-state index is -0.132. The molecule has 0 bridgehead atoms. The molecule has 2 heteroatoms. The van der Waals surface area contributed by atoms with E-state index in [1.54, 1.807) is 19.1 Å². The van der Waals surface area contributed by atoms with E-state index in [9.17, 15) is 4.39 Å². The number of rotatable bonds is 0. The highest BCUT2D eigenvalue weighted by molar-refractivity contribution is 5.20. The van der Waals surface area contributed by atoms with Crippen LogP contribution in [0.5, 0.6) is 0 Å². The maximum absolute atomic E-state index is 12.3. The van der Waals surface area contributed by atoms with E-state index >= 15 is 0 Å². The first-order chi connectivity index (χ1) is 11.3. The van der Waals surface area contributed by atoms with E-state index in [4.69, 9.17) is 0 Å². The van der Waals surface area contributed by atoms with Gasteiger partial charge in [0.25, 0.3) is 0 Å². The van der Waals surface area contributed by atoms with E-state index in [-0.39, 0.29) is 5.82 Å². The Kier molecular flexibility index (Phi) is 12.9. The Morgan fingerprint density at radius 2 is 1.48 bits per heavy atom. The van der Waals surface area contributed by atoms with Crippen LogP contribution in [0, 0.1) is 12.7 Å². The molecular weight excluding hydrogens is 285 g/mol. The molecule has 0 spiro atoms. The molecule has 0 saturated heterocycles. The Balaban J connectivity index is 0.000000358. The summed E-state index contributed by atoms with van der Waals surface area (Å²) in [5.41, 5.74) is 3.52. The van der Waals surface area contributed by atoms with E-state index in [1.165, 1.54) is 49.4 Å². The van der Waals surface area contributed by atoms with Crippen molar-refractivity contribution in [1.29, 1.82) is 0 Å². The molecule has 0 aliphatic heterocycles. The minimum Gasteiger partial charge on any atom is -0.261 e. The van der Waals surface area contributed by atoms with Crippen LogP contribution in [-0.4, -0.2) is 4.98 Å². The van der Waals surface area contributed by atoms with Gasteiger partial charge in [-0.1, -0.05) is 58.4 Å². The standard InChI is InChI=1S/C10H13N.C7H7F.2C2H6/c1-2-5-9-6-4-8-11-10(9)7-3-1;1-6-4-2-3-5-7(6)8;2*1-2/h4,6,8H,1-3,5,7H2;2-5H,1H3;2*1-2H3. The summed E-state index contributed by atoms with van der Waals surface area (Å²) >= 11 is 0. The zero-order valence-corrected chi connectivity index (χ0v) is 15.4. The first-order valence-corrected chi connectivity index (χ1v) is 8.91. The van der Waals surface area contributed by atoms with Gasteiger partial charge in [0.15, 0.2) is 0 Å². The van der Waals surface area contributed by atoms with Crippen LogP contribution in [0.3, 0.4) is 0 Å². The fourth-order valence-corrected chi connectivity index (χ4v) is 2.26. The molecule has 128 valence electrons. The summed E-state index contributed by atoms with van der Waals surface area (Å²) in [6.45, 7) is 9.75. The zero-order chi connectivity index (χ0) is 17.5. The van der Waals surface area contributed by atoms with Crippen LogP contribution < -0.4 is 0 Å². The van der Waals surface area contributed by atoms with Gasteiger partial charge in [-0.25, -0.2) is 4.39 Å². The lowest BCUT2D eigenvalue weighted by atomic mass is 10.1. The average molecular weight is 317 g/mol. The van der Waals surface area contributed by atoms with Gasteiger partial charge in [0.2, 0.25) is 0 Å². The number of hydrogen-bond donors (Lipinski definition) is 0. The summed E-state index contributed by atoms with van der Waals surface area (Å²) in [5.74, 6) is -0.132. The second-order valence-corrected chi connectivity index (χ2v) is 4.92. The number of nitrogens with zero attached hydrogens (tertiary/aromatic N) is 1. The molecular formula is C21H32FN. The van der Waals surface area contributed by atoms with Crippen molar-refractivity contribution in [1.82, 2.24) is 4.98 Å². The Hall–Kier alpha value is -1.70. The number of pyridine rings is 1. The van der Waals surface area contributed by atoms with Crippen molar-refractivity contribution < 1.29 is 4.39 Å². The van der Waals surface area contributed by atoms with E-state index < -0.39 is 0 Å². The molecule has 3 rings (SSSR count). The minimum absolute atomic E-state index is 0.132. The third-order valence-electron chi connectivity index (χ3n) is 3.42. The summed E-state index contributed by atoms with van der Waals surface area (Å²) in [6, 6.07) is 11.0. The molecule has 1 aromatic carbocycles. The van der Waals surface area contributed by atoms with Gasteiger partial charge >= 0.3 is 0 Å². The highest BCUT2D eigenvalue weighted by Gasteiger charge is 2.06. The number of halogens is 1. The van der Waals surface area contributed by atoms with Crippen LogP contribution in [0.1, 0.15) is 63.8 Å². The lowest BCUT2D eigenvalue weighted by Gasteiger charge is -2.01. The summed E-state index contributed by atoms with van der Waals surface area (Å²) in [7, 11) is 0. The van der Waals surface area contributed by atoms with E-state index in [0.717, 1.165) is 0 Å². The number of aromatic nitrogens is 1. The van der Waals surface area contributed by atoms with Crippen LogP contribution >= 0.6 is 0 Å². The fourth-order valence-electron chi connectivity index (χ4n) is 2.26. The van der Waals surface area contributed by atoms with E-state index in [0.29, 0.717) is 5.56 Å². The van der Waals surface area contributed by atoms with Gasteiger partial charge in [-0.05, 0) is 55.9 Å². The summed E-state index contributed by atoms with van der Waals surface area (Å²) in [5, 5.41) is 0. The highest BCUT2D eigenvalue weighted by atomic mass is 19.1. The molecule has 0 unspecified atom stereocenters. The molecule has 0 amide bonds. The Morgan fingerprint density at radius 3 is 2.09 bits per heavy atom. The normalized spacial score (nSPS) is 11.9. The van der Waals surface area contributed by atoms with Crippen molar-refractivity contribution in [2.45, 2.75) is 66.7 Å². The molecule has 1 aliphatic rings. The molecule has 1 nitrogen and oxygen atoms in total. The van der Waals surface area contributed by atoms with Crippen LogP contribution in [0.25, 0.3) is 0 Å². The first-order valence-electron chi connectivity index (χ1n) is 8.91. The third kappa shape index (κ3) is 8.49. The molecule has 1 aromatic heterocycles. The summed E-state index contributed by atoms with van der Waals surface area (Å²) in [6.07, 6.45) is 8.38. The van der Waals surface area contributed by atoms with Gasteiger partial charge in [-0.3, -0.25) is 4.98 Å². The predicted molar refractivity (Wildman–Crippen MR) is 99.3 cm³/mol. The molecule has 0 N–H and O–H groups in total. The molecule has 0 radical (unpaired) electrons. The fraction of sp³-hybridized carbons (Fsp3) is 0.476. The van der Waals surface area contributed by atoms with Crippen LogP contribution in [0.4, 0.5) is 4.39 Å². The maximum Gasteiger partial charge on any atom is 0.126 e. The van der Waals surface area contributed by atoms with Gasteiger partial charge in [0.1, 0.15) is 5.82 Å². The Labute approximate surface area is 142 Å². The number of hydrogen-bond acceptors (Lipinski definition) is 1. The molecule has 1 aliphatic carbocycles. The van der Waals surface area contributed by atoms with Crippen LogP contribution in [0.15, 0.2) is 42.6 Å². The van der Waals surface area contributed by atoms with Gasteiger partial charge in [0, 0.05) is 11.9 Å². The lowest BCUT2D eigenvalue weighted by molar-refractivity contribution is 0.618. The highest BCUT2D eigenvalue weighted by Crippen LogP contribution is 2.17. The number of aryl methyl sites for hydroxylation is 3. The molecule has 0 fully saturated rings. The van der Waals surface area contributed by atoms with Gasteiger partial charge in [-0.15, -0.1) is 0 Å². The third-order valence-corrected chi connectivity index (χ3v) is 3.42. The largest absolute Gasteiger partial charge is 0.261 e. The SMILES string of the molecule is CC.CC.Cc1ccccc1F.c1cnc2c(c1)CCCCC2. The van der Waals surface area contributed by atoms with Crippen molar-refractivity contribution >= 4 is 0 Å². The van der Waals surface area contributed by atoms with Crippen LogP contribution in [0.2, 0.25) is 0 Å². The smallest absolute Gasteiger partial charge is 0.126 e. The lowest BCUT2D eigenvalue weighted by Crippen LogP contribution is -1.92. The molecule has 0 saturated carbocycles. The average Bonchev–Trinajstić information content (AvgIpc) is 2.87. The quantitative estimate of drug-likeness (QED) is 0.503. The number of fused-ring (bicyclic) bond motifs is 1. The van der Waals surface area contributed by atoms with Crippen molar-refractivity contribution in [2.24, 2.45) is 0 Å². The Bertz CT molecular complexity index is 477. The molecule has 2 aromatic rings. The van der Waals surface area contributed by atoms with Gasteiger partial charge in [0.05, 0.1) is 0 Å². The monoisotopic (exact) mass is 317 g/mol. The van der Waals surface area contributed by atoms with Crippen LogP contribution in [-0.2, 0) is 12.8 Å². The maximum atomic E-state index is 12.3. The van der Waals surface area contributed by atoms with Gasteiger partial charge < -0.3 is 0 Å². The van der Waals surface area contributed by atoms with Gasteiger partial charge in [-0.2, -0.15) is 0 Å². The summed E-state index contributed by atoms with van der Waals surface area (Å²) < 4.78 is 12.3. The van der Waals surface area contributed by atoms with Crippen molar-refractivity contribution in [3.63, 3.8) is 0 Å². The van der Waals surface area contributed by atoms with E-state index in [2.05, 4.69) is 11.1 Å². The second-order valence-electron chi connectivity index (χ2n) is 4.92. The van der Waals surface area contributed by atoms with E-state index in [1.807, 2.05) is 46.0 Å².